The first-order valence-electron chi connectivity index (χ1n) is 10.6. The molecule has 2 aromatic carbocycles. The van der Waals surface area contributed by atoms with Crippen LogP contribution in [0, 0.1) is 11.6 Å². The Morgan fingerprint density at radius 2 is 1.94 bits per heavy atom. The lowest BCUT2D eigenvalue weighted by molar-refractivity contribution is 0.413. The van der Waals surface area contributed by atoms with Gasteiger partial charge in [-0.15, -0.1) is 16.7 Å². The number of rotatable bonds is 10. The van der Waals surface area contributed by atoms with Crippen LogP contribution in [0.4, 0.5) is 20.4 Å². The Bertz CT molecular complexity index is 1240. The second-order valence-electron chi connectivity index (χ2n) is 7.60. The van der Waals surface area contributed by atoms with E-state index < -0.39 is 11.6 Å². The summed E-state index contributed by atoms with van der Waals surface area (Å²) in [6, 6.07) is 8.95. The first kappa shape index (κ1) is 24.0. The molecule has 0 saturated carbocycles. The van der Waals surface area contributed by atoms with E-state index >= 15 is 0 Å². The average Bonchev–Trinajstić information content (AvgIpc) is 3.45. The van der Waals surface area contributed by atoms with Crippen molar-refractivity contribution in [2.45, 2.75) is 25.2 Å². The van der Waals surface area contributed by atoms with Gasteiger partial charge < -0.3 is 14.6 Å². The maximum absolute atomic E-state index is 13.9. The molecule has 0 aliphatic carbocycles. The summed E-state index contributed by atoms with van der Waals surface area (Å²) in [5.74, 6) is 0.274. The minimum atomic E-state index is -0.637. The Morgan fingerprint density at radius 1 is 1.15 bits per heavy atom. The number of nitrogens with zero attached hydrogens (tertiary/aromatic N) is 4. The van der Waals surface area contributed by atoms with Gasteiger partial charge in [-0.3, -0.25) is 5.10 Å². The number of methoxy groups -OCH3 is 1. The highest BCUT2D eigenvalue weighted by Crippen LogP contribution is 2.31. The number of unbranched alkanes of at least 4 members (excludes halogenated alkanes) is 1. The summed E-state index contributed by atoms with van der Waals surface area (Å²) in [4.78, 5) is 8.55. The second kappa shape index (κ2) is 10.8. The van der Waals surface area contributed by atoms with Crippen LogP contribution in [0.3, 0.4) is 0 Å². The Labute approximate surface area is 205 Å². The van der Waals surface area contributed by atoms with Gasteiger partial charge in [0.1, 0.15) is 34.7 Å². The molecule has 0 aliphatic rings. The molecule has 0 radical (unpaired) electrons. The van der Waals surface area contributed by atoms with Crippen molar-refractivity contribution in [3.05, 3.63) is 77.1 Å². The van der Waals surface area contributed by atoms with Gasteiger partial charge in [-0.2, -0.15) is 4.98 Å². The summed E-state index contributed by atoms with van der Waals surface area (Å²) in [5.41, 5.74) is 1.93. The predicted octanol–water partition coefficient (Wildman–Crippen LogP) is 6.22. The summed E-state index contributed by atoms with van der Waals surface area (Å²) >= 11 is 11.7. The van der Waals surface area contributed by atoms with E-state index in [-0.39, 0.29) is 5.92 Å². The topological polar surface area (TPSA) is 80.6 Å². The minimum Gasteiger partial charge on any atom is -0.494 e. The van der Waals surface area contributed by atoms with Crippen LogP contribution in [0.25, 0.3) is 5.69 Å². The monoisotopic (exact) mass is 506 g/mol. The van der Waals surface area contributed by atoms with Crippen molar-refractivity contribution in [2.24, 2.45) is 0 Å². The third kappa shape index (κ3) is 5.66. The standard InChI is InChI=1S/C23H22Cl2F2N6O/c1-34-20-11-17(5-6-19(20)33-12-21(25)28-13-33)29-23-30-22(31-32-23)18(4-2-3-7-24)14-8-15(26)10-16(27)9-14/h5-6,8-13,18H,2-4,7H2,1H3,(H2,29,30,31,32). The van der Waals surface area contributed by atoms with E-state index in [1.54, 1.807) is 30.3 Å². The Morgan fingerprint density at radius 3 is 2.62 bits per heavy atom. The Hall–Kier alpha value is -3.17. The molecule has 0 fully saturated rings. The molecule has 2 heterocycles. The van der Waals surface area contributed by atoms with Gasteiger partial charge in [0, 0.05) is 35.8 Å². The molecule has 4 rings (SSSR count). The molecule has 0 aliphatic heterocycles. The van der Waals surface area contributed by atoms with Crippen molar-refractivity contribution < 1.29 is 13.5 Å². The molecule has 1 atom stereocenters. The normalized spacial score (nSPS) is 12.0. The van der Waals surface area contributed by atoms with Crippen molar-refractivity contribution in [3.63, 3.8) is 0 Å². The number of halogens is 4. The Kier molecular flexibility index (Phi) is 7.64. The lowest BCUT2D eigenvalue weighted by Gasteiger charge is -2.15. The van der Waals surface area contributed by atoms with Gasteiger partial charge in [-0.25, -0.2) is 13.8 Å². The number of ether oxygens (including phenoxy) is 1. The molecule has 2 N–H and O–H groups in total. The fourth-order valence-electron chi connectivity index (χ4n) is 3.69. The van der Waals surface area contributed by atoms with Crippen LogP contribution in [-0.2, 0) is 0 Å². The molecule has 0 bridgehead atoms. The van der Waals surface area contributed by atoms with Crippen LogP contribution in [0.1, 0.15) is 36.6 Å². The van der Waals surface area contributed by atoms with E-state index in [9.17, 15) is 8.78 Å². The van der Waals surface area contributed by atoms with Crippen molar-refractivity contribution in [1.82, 2.24) is 24.7 Å². The molecule has 11 heteroatoms. The molecule has 0 spiro atoms. The maximum atomic E-state index is 13.9. The molecule has 4 aromatic rings. The van der Waals surface area contributed by atoms with Gasteiger partial charge in [-0.1, -0.05) is 18.0 Å². The maximum Gasteiger partial charge on any atom is 0.246 e. The first-order chi connectivity index (χ1) is 16.5. The van der Waals surface area contributed by atoms with E-state index in [2.05, 4.69) is 25.5 Å². The fourth-order valence-corrected chi connectivity index (χ4v) is 4.03. The smallest absolute Gasteiger partial charge is 0.246 e. The average molecular weight is 507 g/mol. The zero-order chi connectivity index (χ0) is 24.1. The van der Waals surface area contributed by atoms with E-state index in [0.29, 0.717) is 46.2 Å². The predicted molar refractivity (Wildman–Crippen MR) is 128 cm³/mol. The van der Waals surface area contributed by atoms with Crippen LogP contribution in [0.5, 0.6) is 5.75 Å². The summed E-state index contributed by atoms with van der Waals surface area (Å²) < 4.78 is 35.0. The lowest BCUT2D eigenvalue weighted by Crippen LogP contribution is -2.05. The first-order valence-corrected chi connectivity index (χ1v) is 11.5. The molecule has 0 saturated heterocycles. The summed E-state index contributed by atoms with van der Waals surface area (Å²) in [7, 11) is 1.57. The number of hydrogen-bond donors (Lipinski definition) is 2. The molecule has 34 heavy (non-hydrogen) atoms. The molecule has 2 aromatic heterocycles. The highest BCUT2D eigenvalue weighted by Gasteiger charge is 2.20. The van der Waals surface area contributed by atoms with Gasteiger partial charge in [0.05, 0.1) is 12.8 Å². The zero-order valence-corrected chi connectivity index (χ0v) is 19.7. The van der Waals surface area contributed by atoms with Gasteiger partial charge >= 0.3 is 0 Å². The second-order valence-corrected chi connectivity index (χ2v) is 8.36. The summed E-state index contributed by atoms with van der Waals surface area (Å²) in [5, 5.41) is 10.6. The van der Waals surface area contributed by atoms with Crippen LogP contribution in [-0.4, -0.2) is 37.7 Å². The molecular weight excluding hydrogens is 485 g/mol. The SMILES string of the molecule is COc1cc(Nc2n[nH]c(C(CCCCCl)c3cc(F)cc(F)c3)n2)ccc1-n1cnc(Cl)c1. The molecule has 7 nitrogen and oxygen atoms in total. The number of benzene rings is 2. The molecule has 1 unspecified atom stereocenters. The van der Waals surface area contributed by atoms with Crippen molar-refractivity contribution in [3.8, 4) is 11.4 Å². The van der Waals surface area contributed by atoms with E-state index in [1.165, 1.54) is 12.1 Å². The quantitative estimate of drug-likeness (QED) is 0.197. The number of nitrogens with one attached hydrogen (secondary N) is 2. The van der Waals surface area contributed by atoms with Crippen LogP contribution in [0.15, 0.2) is 48.9 Å². The van der Waals surface area contributed by atoms with E-state index in [0.717, 1.165) is 24.6 Å². The fraction of sp³-hybridized carbons (Fsp3) is 0.261. The highest BCUT2D eigenvalue weighted by atomic mass is 35.5. The van der Waals surface area contributed by atoms with Crippen molar-refractivity contribution in [2.75, 3.05) is 18.3 Å². The van der Waals surface area contributed by atoms with Gasteiger partial charge in [-0.05, 0) is 42.7 Å². The van der Waals surface area contributed by atoms with Gasteiger partial charge in [0.25, 0.3) is 0 Å². The van der Waals surface area contributed by atoms with Crippen LogP contribution in [0.2, 0.25) is 5.15 Å². The number of anilines is 2. The van der Waals surface area contributed by atoms with Gasteiger partial charge in [0.2, 0.25) is 5.95 Å². The van der Waals surface area contributed by atoms with Gasteiger partial charge in [0.15, 0.2) is 0 Å². The zero-order valence-electron chi connectivity index (χ0n) is 18.2. The third-order valence-electron chi connectivity index (χ3n) is 5.26. The summed E-state index contributed by atoms with van der Waals surface area (Å²) in [6.45, 7) is 0. The van der Waals surface area contributed by atoms with Crippen LogP contribution >= 0.6 is 23.2 Å². The number of H-pyrrole nitrogens is 1. The number of imidazole rings is 1. The lowest BCUT2D eigenvalue weighted by atomic mass is 9.92. The van der Waals surface area contributed by atoms with Crippen LogP contribution < -0.4 is 10.1 Å². The summed E-state index contributed by atoms with van der Waals surface area (Å²) in [6.07, 6.45) is 5.43. The number of aromatic nitrogens is 5. The Balaban J connectivity index is 1.57. The number of hydrogen-bond acceptors (Lipinski definition) is 5. The van der Waals surface area contributed by atoms with E-state index in [4.69, 9.17) is 27.9 Å². The number of alkyl halides is 1. The molecule has 0 amide bonds. The van der Waals surface area contributed by atoms with Crippen molar-refractivity contribution in [1.29, 1.82) is 0 Å². The van der Waals surface area contributed by atoms with E-state index in [1.807, 2.05) is 12.1 Å². The molecule has 178 valence electrons. The van der Waals surface area contributed by atoms with Crippen molar-refractivity contribution >= 4 is 34.8 Å². The molecular formula is C23H22Cl2F2N6O. The highest BCUT2D eigenvalue weighted by molar-refractivity contribution is 6.29. The minimum absolute atomic E-state index is 0.315. The number of aromatic amines is 1. The largest absolute Gasteiger partial charge is 0.494 e. The third-order valence-corrected chi connectivity index (χ3v) is 5.72.